The van der Waals surface area contributed by atoms with Crippen molar-refractivity contribution in [2.75, 3.05) is 13.2 Å². The predicted molar refractivity (Wildman–Crippen MR) is 53.8 cm³/mol. The van der Waals surface area contributed by atoms with E-state index >= 15 is 0 Å². The van der Waals surface area contributed by atoms with Gasteiger partial charge in [-0.3, -0.25) is 4.79 Å². The molecule has 1 saturated carbocycles. The van der Waals surface area contributed by atoms with Crippen LogP contribution in [0.15, 0.2) is 0 Å². The third-order valence-corrected chi connectivity index (χ3v) is 2.43. The molecule has 13 heavy (non-hydrogen) atoms. The largest absolute Gasteiger partial charge is 0.466 e. The highest BCUT2D eigenvalue weighted by molar-refractivity contribution is 5.85. The number of carbonyl (C=O) groups is 1. The lowest BCUT2D eigenvalue weighted by Gasteiger charge is -2.33. The fourth-order valence-corrected chi connectivity index (χ4v) is 1.66. The highest BCUT2D eigenvalue weighted by atomic mass is 35.5. The van der Waals surface area contributed by atoms with Crippen LogP contribution in [0.25, 0.3) is 0 Å². The number of hydrogen-bond acceptors (Lipinski definition) is 3. The van der Waals surface area contributed by atoms with Crippen LogP contribution >= 0.6 is 12.4 Å². The molecule has 0 saturated heterocycles. The van der Waals surface area contributed by atoms with Crippen molar-refractivity contribution < 1.29 is 9.53 Å². The average molecular weight is 208 g/mol. The number of rotatable bonds is 4. The van der Waals surface area contributed by atoms with Crippen molar-refractivity contribution in [3.8, 4) is 0 Å². The number of esters is 1. The lowest BCUT2D eigenvalue weighted by atomic mass is 9.73. The van der Waals surface area contributed by atoms with Crippen LogP contribution in [0.4, 0.5) is 0 Å². The summed E-state index contributed by atoms with van der Waals surface area (Å²) in [5.74, 6) is 0.816. The smallest absolute Gasteiger partial charge is 0.308 e. The number of carbonyl (C=O) groups excluding carboxylic acids is 1. The zero-order valence-corrected chi connectivity index (χ0v) is 8.81. The van der Waals surface area contributed by atoms with Crippen molar-refractivity contribution in [3.63, 3.8) is 0 Å². The molecular weight excluding hydrogens is 190 g/mol. The third-order valence-electron chi connectivity index (χ3n) is 2.43. The van der Waals surface area contributed by atoms with Crippen molar-refractivity contribution >= 4 is 18.4 Å². The molecule has 1 rings (SSSR count). The first kappa shape index (κ1) is 12.7. The van der Waals surface area contributed by atoms with Gasteiger partial charge in [-0.05, 0) is 38.6 Å². The minimum absolute atomic E-state index is 0. The molecule has 4 heteroatoms. The van der Waals surface area contributed by atoms with Crippen LogP contribution in [-0.2, 0) is 9.53 Å². The summed E-state index contributed by atoms with van der Waals surface area (Å²) in [6.07, 6.45) is 3.02. The van der Waals surface area contributed by atoms with Crippen LogP contribution in [0.1, 0.15) is 26.2 Å². The highest BCUT2D eigenvalue weighted by Crippen LogP contribution is 2.36. The van der Waals surface area contributed by atoms with Crippen LogP contribution < -0.4 is 5.73 Å². The number of nitrogens with two attached hydrogens (primary N) is 1. The summed E-state index contributed by atoms with van der Waals surface area (Å²) in [6.45, 7) is 3.07. The molecule has 0 unspecified atom stereocenters. The van der Waals surface area contributed by atoms with Gasteiger partial charge in [0.15, 0.2) is 0 Å². The Morgan fingerprint density at radius 2 is 2.15 bits per heavy atom. The predicted octanol–water partition coefficient (Wildman–Crippen LogP) is 1.35. The molecule has 0 heterocycles. The van der Waals surface area contributed by atoms with E-state index in [4.69, 9.17) is 10.5 Å². The molecule has 1 aliphatic rings. The van der Waals surface area contributed by atoms with Crippen molar-refractivity contribution in [2.24, 2.45) is 17.6 Å². The molecule has 0 radical (unpaired) electrons. The molecule has 0 aromatic carbocycles. The monoisotopic (exact) mass is 207 g/mol. The first-order chi connectivity index (χ1) is 5.77. The summed E-state index contributed by atoms with van der Waals surface area (Å²) < 4.78 is 4.90. The summed E-state index contributed by atoms with van der Waals surface area (Å²) in [6, 6.07) is 0. The van der Waals surface area contributed by atoms with E-state index in [1.807, 2.05) is 6.92 Å². The minimum Gasteiger partial charge on any atom is -0.466 e. The zero-order chi connectivity index (χ0) is 8.97. The van der Waals surface area contributed by atoms with Gasteiger partial charge in [0.25, 0.3) is 0 Å². The Bertz CT molecular complexity index is 158. The van der Waals surface area contributed by atoms with Crippen LogP contribution in [-0.4, -0.2) is 19.1 Å². The number of ether oxygens (including phenoxy) is 1. The quantitative estimate of drug-likeness (QED) is 0.708. The topological polar surface area (TPSA) is 52.3 Å². The van der Waals surface area contributed by atoms with E-state index in [2.05, 4.69) is 0 Å². The Kier molecular flexibility index (Phi) is 6.08. The minimum atomic E-state index is -0.0224. The van der Waals surface area contributed by atoms with Crippen molar-refractivity contribution in [3.05, 3.63) is 0 Å². The van der Waals surface area contributed by atoms with Gasteiger partial charge >= 0.3 is 5.97 Å². The van der Waals surface area contributed by atoms with Crippen molar-refractivity contribution in [2.45, 2.75) is 26.2 Å². The van der Waals surface area contributed by atoms with E-state index in [1.165, 1.54) is 0 Å². The molecule has 0 amide bonds. The Balaban J connectivity index is 0.00000144. The van der Waals surface area contributed by atoms with E-state index in [0.29, 0.717) is 12.5 Å². The van der Waals surface area contributed by atoms with Crippen molar-refractivity contribution in [1.29, 1.82) is 0 Å². The van der Waals surface area contributed by atoms with Crippen LogP contribution in [0, 0.1) is 11.8 Å². The maximum absolute atomic E-state index is 11.1. The van der Waals surface area contributed by atoms with Crippen molar-refractivity contribution in [1.82, 2.24) is 0 Å². The SMILES string of the molecule is CCOC(=O)C1CC(CCN)C1.Cl. The molecule has 0 bridgehead atoms. The fourth-order valence-electron chi connectivity index (χ4n) is 1.66. The molecule has 0 aromatic heterocycles. The Morgan fingerprint density at radius 1 is 1.54 bits per heavy atom. The average Bonchev–Trinajstić information content (AvgIpc) is 1.96. The molecule has 1 aliphatic carbocycles. The molecule has 0 aromatic rings. The highest BCUT2D eigenvalue weighted by Gasteiger charge is 2.34. The van der Waals surface area contributed by atoms with Gasteiger partial charge in [-0.1, -0.05) is 0 Å². The maximum atomic E-state index is 11.1. The first-order valence-electron chi connectivity index (χ1n) is 4.64. The molecule has 0 aliphatic heterocycles. The van der Waals surface area contributed by atoms with Gasteiger partial charge in [-0.2, -0.15) is 0 Å². The number of halogens is 1. The summed E-state index contributed by atoms with van der Waals surface area (Å²) in [4.78, 5) is 11.1. The van der Waals surface area contributed by atoms with Gasteiger partial charge in [0.1, 0.15) is 0 Å². The van der Waals surface area contributed by atoms with Crippen LogP contribution in [0.2, 0.25) is 0 Å². The zero-order valence-electron chi connectivity index (χ0n) is 7.99. The normalized spacial score (nSPS) is 25.7. The molecule has 78 valence electrons. The van der Waals surface area contributed by atoms with Gasteiger partial charge in [0, 0.05) is 0 Å². The molecule has 2 N–H and O–H groups in total. The van der Waals surface area contributed by atoms with Gasteiger partial charge in [0.2, 0.25) is 0 Å². The second-order valence-electron chi connectivity index (χ2n) is 3.36. The lowest BCUT2D eigenvalue weighted by Crippen LogP contribution is -2.32. The van der Waals surface area contributed by atoms with E-state index in [9.17, 15) is 4.79 Å². The lowest BCUT2D eigenvalue weighted by molar-refractivity contribution is -0.152. The van der Waals surface area contributed by atoms with E-state index in [-0.39, 0.29) is 24.3 Å². The molecule has 3 nitrogen and oxygen atoms in total. The van der Waals surface area contributed by atoms with Crippen LogP contribution in [0.3, 0.4) is 0 Å². The second kappa shape index (κ2) is 6.22. The molecule has 0 spiro atoms. The summed E-state index contributed by atoms with van der Waals surface area (Å²) in [5.41, 5.74) is 5.40. The molecular formula is C9H18ClNO2. The molecule has 1 fully saturated rings. The second-order valence-corrected chi connectivity index (χ2v) is 3.36. The summed E-state index contributed by atoms with van der Waals surface area (Å²) in [5, 5.41) is 0. The molecule has 0 atom stereocenters. The Labute approximate surface area is 85.4 Å². The fraction of sp³-hybridized carbons (Fsp3) is 0.889. The van der Waals surface area contributed by atoms with Crippen LogP contribution in [0.5, 0.6) is 0 Å². The van der Waals surface area contributed by atoms with Gasteiger partial charge in [-0.25, -0.2) is 0 Å². The Hall–Kier alpha value is -0.280. The van der Waals surface area contributed by atoms with E-state index < -0.39 is 0 Å². The van der Waals surface area contributed by atoms with Gasteiger partial charge in [0.05, 0.1) is 12.5 Å². The van der Waals surface area contributed by atoms with E-state index in [1.54, 1.807) is 0 Å². The first-order valence-corrected chi connectivity index (χ1v) is 4.64. The van der Waals surface area contributed by atoms with E-state index in [0.717, 1.165) is 25.8 Å². The summed E-state index contributed by atoms with van der Waals surface area (Å²) in [7, 11) is 0. The summed E-state index contributed by atoms with van der Waals surface area (Å²) >= 11 is 0. The Morgan fingerprint density at radius 3 is 2.62 bits per heavy atom. The third kappa shape index (κ3) is 3.53. The standard InChI is InChI=1S/C9H17NO2.ClH/c1-2-12-9(11)8-5-7(6-8)3-4-10;/h7-8H,2-6,10H2,1H3;1H. The van der Waals surface area contributed by atoms with Gasteiger partial charge in [-0.15, -0.1) is 12.4 Å². The maximum Gasteiger partial charge on any atom is 0.308 e. The van der Waals surface area contributed by atoms with Gasteiger partial charge < -0.3 is 10.5 Å². The number of hydrogen-bond donors (Lipinski definition) is 1.